The van der Waals surface area contributed by atoms with Crippen LogP contribution >= 0.6 is 11.6 Å². The Labute approximate surface area is 173 Å². The van der Waals surface area contributed by atoms with Crippen molar-refractivity contribution in [2.45, 2.75) is 13.0 Å². The van der Waals surface area contributed by atoms with Crippen LogP contribution in [0.1, 0.15) is 17.5 Å². The van der Waals surface area contributed by atoms with Crippen molar-refractivity contribution in [2.24, 2.45) is 28.8 Å². The minimum absolute atomic E-state index is 0.173. The van der Waals surface area contributed by atoms with Crippen molar-refractivity contribution in [1.29, 1.82) is 0 Å². The van der Waals surface area contributed by atoms with E-state index >= 15 is 0 Å². The number of imide groups is 1. The molecule has 2 aromatic carbocycles. The highest BCUT2D eigenvalue weighted by molar-refractivity contribution is 6.31. The largest absolute Gasteiger partial charge is 0.489 e. The molecule has 2 bridgehead atoms. The van der Waals surface area contributed by atoms with Crippen LogP contribution in [0.4, 0.5) is 0 Å². The summed E-state index contributed by atoms with van der Waals surface area (Å²) in [6.07, 6.45) is 6.61. The van der Waals surface area contributed by atoms with Gasteiger partial charge in [0.15, 0.2) is 0 Å². The highest BCUT2D eigenvalue weighted by Gasteiger charge is 2.59. The van der Waals surface area contributed by atoms with Gasteiger partial charge >= 0.3 is 0 Å². The molecule has 4 atom stereocenters. The first-order valence-corrected chi connectivity index (χ1v) is 10.1. The molecule has 1 saturated carbocycles. The van der Waals surface area contributed by atoms with Gasteiger partial charge in [-0.3, -0.25) is 9.59 Å². The number of carbonyl (C=O) groups is 2. The molecular formula is C23H19ClN2O3. The van der Waals surface area contributed by atoms with E-state index in [4.69, 9.17) is 16.3 Å². The molecule has 1 heterocycles. The molecule has 2 amide bonds. The Morgan fingerprint density at radius 1 is 1.00 bits per heavy atom. The van der Waals surface area contributed by atoms with E-state index < -0.39 is 0 Å². The molecule has 6 heteroatoms. The van der Waals surface area contributed by atoms with Gasteiger partial charge in [0.1, 0.15) is 12.4 Å². The predicted molar refractivity (Wildman–Crippen MR) is 109 cm³/mol. The van der Waals surface area contributed by atoms with E-state index in [2.05, 4.69) is 17.3 Å². The van der Waals surface area contributed by atoms with Crippen molar-refractivity contribution in [2.75, 3.05) is 0 Å². The Kier molecular flexibility index (Phi) is 4.47. The number of allylic oxidation sites excluding steroid dienone is 2. The van der Waals surface area contributed by atoms with Crippen LogP contribution in [0.3, 0.4) is 0 Å². The van der Waals surface area contributed by atoms with Gasteiger partial charge in [-0.2, -0.15) is 10.1 Å². The lowest BCUT2D eigenvalue weighted by Gasteiger charge is -2.13. The van der Waals surface area contributed by atoms with Gasteiger partial charge in [-0.25, -0.2) is 0 Å². The van der Waals surface area contributed by atoms with Crippen LogP contribution in [0.25, 0.3) is 0 Å². The molecule has 0 radical (unpaired) electrons. The molecule has 29 heavy (non-hydrogen) atoms. The molecule has 2 aromatic rings. The zero-order chi connectivity index (χ0) is 20.0. The number of carbonyl (C=O) groups excluding carboxylic acids is 2. The molecule has 146 valence electrons. The fourth-order valence-corrected chi connectivity index (χ4v) is 4.74. The number of hydrogen-bond acceptors (Lipinski definition) is 4. The summed E-state index contributed by atoms with van der Waals surface area (Å²) < 4.78 is 5.77. The van der Waals surface area contributed by atoms with E-state index in [-0.39, 0.29) is 35.5 Å². The standard InChI is InChI=1S/C23H19ClN2O3/c24-19-4-2-1-3-17(19)13-29-18-9-5-14(6-10-18)12-25-26-22(27)20-15-7-8-16(11-15)21(20)23(26)28/h1-10,12,15-16,20-21H,11,13H2/b25-12-/t15-,16-,20-,21-/m0/s1. The summed E-state index contributed by atoms with van der Waals surface area (Å²) >= 11 is 6.14. The van der Waals surface area contributed by atoms with E-state index in [1.165, 1.54) is 0 Å². The predicted octanol–water partition coefficient (Wildman–Crippen LogP) is 4.06. The van der Waals surface area contributed by atoms with E-state index in [1.807, 2.05) is 48.5 Å². The maximum Gasteiger partial charge on any atom is 0.254 e. The summed E-state index contributed by atoms with van der Waals surface area (Å²) in [6.45, 7) is 0.378. The minimum atomic E-state index is -0.227. The van der Waals surface area contributed by atoms with Crippen molar-refractivity contribution in [3.8, 4) is 5.75 Å². The molecular weight excluding hydrogens is 388 g/mol. The summed E-state index contributed by atoms with van der Waals surface area (Å²) in [6, 6.07) is 14.9. The maximum absolute atomic E-state index is 12.6. The van der Waals surface area contributed by atoms with Crippen molar-refractivity contribution in [3.05, 3.63) is 76.8 Å². The topological polar surface area (TPSA) is 59.0 Å². The molecule has 3 aliphatic rings. The average molecular weight is 407 g/mol. The van der Waals surface area contributed by atoms with Crippen LogP contribution < -0.4 is 4.74 Å². The minimum Gasteiger partial charge on any atom is -0.489 e. The van der Waals surface area contributed by atoms with E-state index in [0.717, 1.165) is 22.6 Å². The summed E-state index contributed by atoms with van der Waals surface area (Å²) in [4.78, 5) is 25.3. The Balaban J connectivity index is 1.23. The number of nitrogens with zero attached hydrogens (tertiary/aromatic N) is 2. The van der Waals surface area contributed by atoms with Gasteiger partial charge in [0.25, 0.3) is 11.8 Å². The first kappa shape index (κ1) is 18.1. The maximum atomic E-state index is 12.6. The monoisotopic (exact) mass is 406 g/mol. The van der Waals surface area contributed by atoms with E-state index in [9.17, 15) is 9.59 Å². The van der Waals surface area contributed by atoms with Crippen molar-refractivity contribution in [1.82, 2.24) is 5.01 Å². The van der Waals surface area contributed by atoms with Gasteiger partial charge in [0, 0.05) is 10.6 Å². The van der Waals surface area contributed by atoms with Crippen LogP contribution in [-0.4, -0.2) is 23.0 Å². The molecule has 5 nitrogen and oxygen atoms in total. The first-order valence-electron chi connectivity index (χ1n) is 9.68. The zero-order valence-corrected chi connectivity index (χ0v) is 16.3. The van der Waals surface area contributed by atoms with Gasteiger partial charge in [0.2, 0.25) is 0 Å². The number of fused-ring (bicyclic) bond motifs is 5. The average Bonchev–Trinajstić information content (AvgIpc) is 3.41. The number of ether oxygens (including phenoxy) is 1. The second kappa shape index (κ2) is 7.16. The summed E-state index contributed by atoms with van der Waals surface area (Å²) in [5, 5.41) is 5.92. The van der Waals surface area contributed by atoms with Crippen LogP contribution in [0, 0.1) is 23.7 Å². The van der Waals surface area contributed by atoms with E-state index in [1.54, 1.807) is 6.21 Å². The number of hydrogen-bond donors (Lipinski definition) is 0. The van der Waals surface area contributed by atoms with Crippen LogP contribution in [-0.2, 0) is 16.2 Å². The highest BCUT2D eigenvalue weighted by atomic mass is 35.5. The first-order chi connectivity index (χ1) is 14.1. The van der Waals surface area contributed by atoms with Crippen LogP contribution in [0.5, 0.6) is 5.75 Å². The smallest absolute Gasteiger partial charge is 0.254 e. The zero-order valence-electron chi connectivity index (χ0n) is 15.6. The number of amides is 2. The van der Waals surface area contributed by atoms with Gasteiger partial charge in [0.05, 0.1) is 18.1 Å². The molecule has 0 spiro atoms. The van der Waals surface area contributed by atoms with E-state index in [0.29, 0.717) is 17.4 Å². The van der Waals surface area contributed by atoms with Crippen molar-refractivity contribution in [3.63, 3.8) is 0 Å². The summed E-state index contributed by atoms with van der Waals surface area (Å²) in [5.41, 5.74) is 1.70. The fourth-order valence-electron chi connectivity index (χ4n) is 4.55. The third-order valence-electron chi connectivity index (χ3n) is 6.00. The molecule has 1 aliphatic heterocycles. The molecule has 0 aromatic heterocycles. The lowest BCUT2D eigenvalue weighted by atomic mass is 9.85. The summed E-state index contributed by atoms with van der Waals surface area (Å²) in [5.74, 6) is 0.283. The van der Waals surface area contributed by atoms with Gasteiger partial charge in [-0.05, 0) is 54.2 Å². The summed E-state index contributed by atoms with van der Waals surface area (Å²) in [7, 11) is 0. The number of benzene rings is 2. The van der Waals surface area contributed by atoms with Crippen molar-refractivity contribution >= 4 is 29.6 Å². The van der Waals surface area contributed by atoms with Gasteiger partial charge in [-0.15, -0.1) is 0 Å². The Morgan fingerprint density at radius 2 is 1.66 bits per heavy atom. The van der Waals surface area contributed by atoms with Crippen molar-refractivity contribution < 1.29 is 14.3 Å². The SMILES string of the molecule is O=C1[C@@H]2[C@@H](C(=O)N1/N=C\c1ccc(OCc3ccccc3Cl)cc1)[C@H]1C=C[C@H]2C1. The van der Waals surface area contributed by atoms with Crippen LogP contribution in [0.15, 0.2) is 65.8 Å². The number of rotatable bonds is 5. The second-order valence-electron chi connectivity index (χ2n) is 7.68. The fraction of sp³-hybridized carbons (Fsp3) is 0.261. The Morgan fingerprint density at radius 3 is 2.31 bits per heavy atom. The number of halogens is 1. The third-order valence-corrected chi connectivity index (χ3v) is 6.37. The number of hydrazone groups is 1. The lowest BCUT2D eigenvalue weighted by molar-refractivity contribution is -0.140. The lowest BCUT2D eigenvalue weighted by Crippen LogP contribution is -2.28. The Bertz CT molecular complexity index is 1000. The van der Waals surface area contributed by atoms with Crippen LogP contribution in [0.2, 0.25) is 5.02 Å². The molecule has 0 N–H and O–H groups in total. The van der Waals surface area contributed by atoms with Gasteiger partial charge < -0.3 is 4.74 Å². The molecule has 0 unspecified atom stereocenters. The molecule has 5 rings (SSSR count). The molecule has 2 aliphatic carbocycles. The second-order valence-corrected chi connectivity index (χ2v) is 8.09. The quantitative estimate of drug-likeness (QED) is 0.427. The third kappa shape index (κ3) is 3.15. The Hall–Kier alpha value is -2.92. The normalized spacial score (nSPS) is 27.3. The molecule has 2 fully saturated rings. The van der Waals surface area contributed by atoms with Gasteiger partial charge in [-0.1, -0.05) is 42.0 Å². The highest BCUT2D eigenvalue weighted by Crippen LogP contribution is 2.52. The molecule has 1 saturated heterocycles.